The van der Waals surface area contributed by atoms with Crippen LogP contribution in [0.2, 0.25) is 0 Å². The highest BCUT2D eigenvalue weighted by molar-refractivity contribution is 7.89. The van der Waals surface area contributed by atoms with Gasteiger partial charge in [0.05, 0.1) is 5.75 Å². The van der Waals surface area contributed by atoms with Gasteiger partial charge in [0.15, 0.2) is 9.84 Å². The van der Waals surface area contributed by atoms with E-state index in [-0.39, 0.29) is 23.7 Å². The van der Waals surface area contributed by atoms with E-state index >= 15 is 0 Å². The number of ether oxygens (including phenoxy) is 1. The lowest BCUT2D eigenvalue weighted by Crippen LogP contribution is -2.45. The van der Waals surface area contributed by atoms with Crippen LogP contribution in [0.1, 0.15) is 49.5 Å². The number of likely N-dealkylation sites (tertiary alicyclic amines) is 1. The van der Waals surface area contributed by atoms with Crippen molar-refractivity contribution in [3.05, 3.63) is 35.4 Å². The number of hydrogen-bond acceptors (Lipinski definition) is 5. The van der Waals surface area contributed by atoms with Crippen molar-refractivity contribution in [3.8, 4) is 0 Å². The lowest BCUT2D eigenvalue weighted by Gasteiger charge is -2.35. The molecule has 0 saturated carbocycles. The summed E-state index contributed by atoms with van der Waals surface area (Å²) in [6.07, 6.45) is 2.66. The standard InChI is InChI=1S/C21H32N2O5S/c1-21(2,3)28-20(25)22(4)13-17-7-6-12-23(14-17)19(24)18-10-8-16(9-11-18)15-29(5,26)27/h8-11,17H,6-7,12-15H2,1-5H3. The van der Waals surface area contributed by atoms with Gasteiger partial charge in [-0.15, -0.1) is 0 Å². The minimum Gasteiger partial charge on any atom is -0.444 e. The van der Waals surface area contributed by atoms with E-state index in [4.69, 9.17) is 4.74 Å². The van der Waals surface area contributed by atoms with Crippen molar-refractivity contribution in [1.82, 2.24) is 9.80 Å². The molecule has 29 heavy (non-hydrogen) atoms. The topological polar surface area (TPSA) is 84.0 Å². The zero-order valence-corrected chi connectivity index (χ0v) is 18.8. The molecule has 0 aliphatic carbocycles. The Kier molecular flexibility index (Phi) is 7.32. The number of carbonyl (C=O) groups is 2. The Morgan fingerprint density at radius 3 is 2.38 bits per heavy atom. The summed E-state index contributed by atoms with van der Waals surface area (Å²) >= 11 is 0. The van der Waals surface area contributed by atoms with Crippen molar-refractivity contribution in [2.24, 2.45) is 5.92 Å². The minimum atomic E-state index is -3.11. The Morgan fingerprint density at radius 2 is 1.83 bits per heavy atom. The summed E-state index contributed by atoms with van der Waals surface area (Å²) in [4.78, 5) is 28.4. The van der Waals surface area contributed by atoms with Crippen molar-refractivity contribution in [2.45, 2.75) is 45.0 Å². The summed E-state index contributed by atoms with van der Waals surface area (Å²) in [6, 6.07) is 6.73. The maximum Gasteiger partial charge on any atom is 0.410 e. The van der Waals surface area contributed by atoms with Gasteiger partial charge in [0, 0.05) is 38.5 Å². The lowest BCUT2D eigenvalue weighted by atomic mass is 9.97. The molecule has 162 valence electrons. The number of sulfone groups is 1. The third-order valence-electron chi connectivity index (χ3n) is 4.67. The molecule has 2 rings (SSSR count). The van der Waals surface area contributed by atoms with E-state index in [1.807, 2.05) is 25.7 Å². The van der Waals surface area contributed by atoms with Crippen LogP contribution in [0.25, 0.3) is 0 Å². The number of hydrogen-bond donors (Lipinski definition) is 0. The van der Waals surface area contributed by atoms with Crippen molar-refractivity contribution >= 4 is 21.8 Å². The number of rotatable bonds is 5. The van der Waals surface area contributed by atoms with E-state index in [0.717, 1.165) is 12.8 Å². The highest BCUT2D eigenvalue weighted by atomic mass is 32.2. The minimum absolute atomic E-state index is 0.0374. The van der Waals surface area contributed by atoms with E-state index in [1.165, 1.54) is 6.26 Å². The molecule has 1 atom stereocenters. The molecule has 1 unspecified atom stereocenters. The molecule has 0 aromatic heterocycles. The summed E-state index contributed by atoms with van der Waals surface area (Å²) in [6.45, 7) is 7.29. The van der Waals surface area contributed by atoms with E-state index in [0.29, 0.717) is 30.8 Å². The van der Waals surface area contributed by atoms with Crippen LogP contribution in [0.4, 0.5) is 4.79 Å². The van der Waals surface area contributed by atoms with Crippen LogP contribution >= 0.6 is 0 Å². The van der Waals surface area contributed by atoms with Crippen molar-refractivity contribution in [3.63, 3.8) is 0 Å². The Labute approximate surface area is 173 Å². The molecule has 1 heterocycles. The smallest absolute Gasteiger partial charge is 0.410 e. The van der Waals surface area contributed by atoms with Crippen LogP contribution in [0.15, 0.2) is 24.3 Å². The van der Waals surface area contributed by atoms with Gasteiger partial charge in [0.25, 0.3) is 5.91 Å². The Balaban J connectivity index is 1.96. The number of carbonyl (C=O) groups excluding carboxylic acids is 2. The Hall–Kier alpha value is -2.09. The second-order valence-corrected chi connectivity index (χ2v) is 11.0. The van der Waals surface area contributed by atoms with Crippen LogP contribution in [-0.2, 0) is 20.3 Å². The summed E-state index contributed by atoms with van der Waals surface area (Å²) in [7, 11) is -1.39. The van der Waals surface area contributed by atoms with E-state index in [1.54, 1.807) is 36.2 Å². The molecule has 1 aromatic carbocycles. The largest absolute Gasteiger partial charge is 0.444 e. The summed E-state index contributed by atoms with van der Waals surface area (Å²) < 4.78 is 28.2. The van der Waals surface area contributed by atoms with Gasteiger partial charge < -0.3 is 14.5 Å². The second-order valence-electron chi connectivity index (χ2n) is 8.89. The van der Waals surface area contributed by atoms with Crippen LogP contribution in [0.5, 0.6) is 0 Å². The SMILES string of the molecule is CN(CC1CCCN(C(=O)c2ccc(CS(C)(=O)=O)cc2)C1)C(=O)OC(C)(C)C. The fraction of sp³-hybridized carbons (Fsp3) is 0.619. The summed E-state index contributed by atoms with van der Waals surface area (Å²) in [5.41, 5.74) is 0.673. The van der Waals surface area contributed by atoms with Gasteiger partial charge >= 0.3 is 6.09 Å². The first-order valence-electron chi connectivity index (χ1n) is 9.84. The number of piperidine rings is 1. The number of nitrogens with zero attached hydrogens (tertiary/aromatic N) is 2. The highest BCUT2D eigenvalue weighted by Crippen LogP contribution is 2.21. The van der Waals surface area contributed by atoms with Gasteiger partial charge in [0.1, 0.15) is 5.60 Å². The van der Waals surface area contributed by atoms with Gasteiger partial charge in [-0.2, -0.15) is 0 Å². The normalized spacial score (nSPS) is 17.7. The van der Waals surface area contributed by atoms with Crippen molar-refractivity contribution < 1.29 is 22.7 Å². The van der Waals surface area contributed by atoms with Crippen LogP contribution < -0.4 is 0 Å². The first kappa shape index (κ1) is 23.2. The number of amides is 2. The zero-order chi connectivity index (χ0) is 21.8. The Morgan fingerprint density at radius 1 is 1.21 bits per heavy atom. The van der Waals surface area contributed by atoms with Crippen LogP contribution in [0, 0.1) is 5.92 Å². The molecule has 2 amide bonds. The molecule has 1 aliphatic rings. The van der Waals surface area contributed by atoms with Gasteiger partial charge in [-0.1, -0.05) is 12.1 Å². The second kappa shape index (κ2) is 9.15. The summed E-state index contributed by atoms with van der Waals surface area (Å²) in [5, 5.41) is 0. The molecule has 1 saturated heterocycles. The van der Waals surface area contributed by atoms with Gasteiger partial charge in [0.2, 0.25) is 0 Å². The van der Waals surface area contributed by atoms with Crippen LogP contribution in [0.3, 0.4) is 0 Å². The molecule has 1 fully saturated rings. The average molecular weight is 425 g/mol. The predicted octanol–water partition coefficient (Wildman–Crippen LogP) is 2.95. The molecular formula is C21H32N2O5S. The fourth-order valence-corrected chi connectivity index (χ4v) is 4.23. The maximum atomic E-state index is 12.9. The zero-order valence-electron chi connectivity index (χ0n) is 18.0. The molecule has 7 nitrogen and oxygen atoms in total. The molecule has 1 aliphatic heterocycles. The predicted molar refractivity (Wildman–Crippen MR) is 112 cm³/mol. The van der Waals surface area contributed by atoms with E-state index in [2.05, 4.69) is 0 Å². The first-order valence-corrected chi connectivity index (χ1v) is 11.9. The molecule has 0 spiro atoms. The molecular weight excluding hydrogens is 392 g/mol. The first-order chi connectivity index (χ1) is 13.3. The molecule has 8 heteroatoms. The van der Waals surface area contributed by atoms with E-state index in [9.17, 15) is 18.0 Å². The van der Waals surface area contributed by atoms with Gasteiger partial charge in [-0.3, -0.25) is 4.79 Å². The lowest BCUT2D eigenvalue weighted by molar-refractivity contribution is 0.0244. The molecule has 0 N–H and O–H groups in total. The maximum absolute atomic E-state index is 12.9. The molecule has 0 radical (unpaired) electrons. The highest BCUT2D eigenvalue weighted by Gasteiger charge is 2.28. The number of benzene rings is 1. The van der Waals surface area contributed by atoms with Gasteiger partial charge in [-0.05, 0) is 57.2 Å². The fourth-order valence-electron chi connectivity index (χ4n) is 3.43. The molecule has 1 aromatic rings. The average Bonchev–Trinajstić information content (AvgIpc) is 2.59. The third-order valence-corrected chi connectivity index (χ3v) is 5.53. The Bertz CT molecular complexity index is 828. The quantitative estimate of drug-likeness (QED) is 0.726. The monoisotopic (exact) mass is 424 g/mol. The molecule has 0 bridgehead atoms. The van der Waals surface area contributed by atoms with Crippen molar-refractivity contribution in [2.75, 3.05) is 32.9 Å². The van der Waals surface area contributed by atoms with Crippen LogP contribution in [-0.4, -0.2) is 68.8 Å². The van der Waals surface area contributed by atoms with Gasteiger partial charge in [-0.25, -0.2) is 13.2 Å². The van der Waals surface area contributed by atoms with Crippen molar-refractivity contribution in [1.29, 1.82) is 0 Å². The third kappa shape index (κ3) is 7.68. The van der Waals surface area contributed by atoms with E-state index < -0.39 is 15.4 Å². The summed E-state index contributed by atoms with van der Waals surface area (Å²) in [5.74, 6) is 0.0832.